The van der Waals surface area contributed by atoms with Crippen molar-refractivity contribution in [2.75, 3.05) is 17.2 Å². The maximum Gasteiger partial charge on any atom is 0.416 e. The van der Waals surface area contributed by atoms with Crippen LogP contribution in [0.25, 0.3) is 0 Å². The van der Waals surface area contributed by atoms with Crippen molar-refractivity contribution in [1.82, 2.24) is 0 Å². The SMILES string of the molecule is O=C(CCNc1ccc(F)cc1F)Nc1ccc(C(F)(F)F)cc1. The Morgan fingerprint density at radius 1 is 1.00 bits per heavy atom. The summed E-state index contributed by atoms with van der Waals surface area (Å²) in [5.74, 6) is -1.94. The van der Waals surface area contributed by atoms with E-state index in [2.05, 4.69) is 10.6 Å². The summed E-state index contributed by atoms with van der Waals surface area (Å²) in [5.41, 5.74) is -0.534. The second-order valence-corrected chi connectivity index (χ2v) is 4.92. The normalized spacial score (nSPS) is 11.2. The van der Waals surface area contributed by atoms with E-state index in [-0.39, 0.29) is 24.3 Å². The van der Waals surface area contributed by atoms with Crippen LogP contribution >= 0.6 is 0 Å². The fourth-order valence-corrected chi connectivity index (χ4v) is 1.91. The minimum absolute atomic E-state index is 0.0438. The zero-order chi connectivity index (χ0) is 17.7. The van der Waals surface area contributed by atoms with Crippen molar-refractivity contribution in [3.63, 3.8) is 0 Å². The molecule has 3 nitrogen and oxygen atoms in total. The maximum atomic E-state index is 13.4. The number of carbonyl (C=O) groups is 1. The van der Waals surface area contributed by atoms with Crippen LogP contribution in [-0.4, -0.2) is 12.5 Å². The summed E-state index contributed by atoms with van der Waals surface area (Å²) in [6.07, 6.45) is -4.48. The van der Waals surface area contributed by atoms with Crippen LogP contribution in [0.1, 0.15) is 12.0 Å². The first-order chi connectivity index (χ1) is 11.3. The predicted molar refractivity (Wildman–Crippen MR) is 79.5 cm³/mol. The maximum absolute atomic E-state index is 13.4. The van der Waals surface area contributed by atoms with Gasteiger partial charge in [-0.05, 0) is 36.4 Å². The molecule has 2 aromatic rings. The van der Waals surface area contributed by atoms with E-state index in [9.17, 15) is 26.7 Å². The fraction of sp³-hybridized carbons (Fsp3) is 0.188. The number of rotatable bonds is 5. The molecule has 0 heterocycles. The van der Waals surface area contributed by atoms with Crippen molar-refractivity contribution < 1.29 is 26.7 Å². The van der Waals surface area contributed by atoms with Gasteiger partial charge in [-0.15, -0.1) is 0 Å². The average molecular weight is 344 g/mol. The molecule has 0 aliphatic carbocycles. The number of nitrogens with one attached hydrogen (secondary N) is 2. The molecule has 2 aromatic carbocycles. The van der Waals surface area contributed by atoms with Gasteiger partial charge in [0.25, 0.3) is 0 Å². The summed E-state index contributed by atoms with van der Waals surface area (Å²) >= 11 is 0. The van der Waals surface area contributed by atoms with Gasteiger partial charge in [-0.25, -0.2) is 8.78 Å². The highest BCUT2D eigenvalue weighted by molar-refractivity contribution is 5.91. The minimum Gasteiger partial charge on any atom is -0.382 e. The predicted octanol–water partition coefficient (Wildman–Crippen LogP) is 4.42. The quantitative estimate of drug-likeness (QED) is 0.788. The second-order valence-electron chi connectivity index (χ2n) is 4.92. The molecule has 0 radical (unpaired) electrons. The van der Waals surface area contributed by atoms with Crippen molar-refractivity contribution >= 4 is 17.3 Å². The molecule has 2 N–H and O–H groups in total. The molecule has 0 fully saturated rings. The van der Waals surface area contributed by atoms with Crippen LogP contribution in [0.3, 0.4) is 0 Å². The largest absolute Gasteiger partial charge is 0.416 e. The Hall–Kier alpha value is -2.64. The Kier molecular flexibility index (Phi) is 5.38. The van der Waals surface area contributed by atoms with Gasteiger partial charge in [0, 0.05) is 24.7 Å². The van der Waals surface area contributed by atoms with Crippen LogP contribution in [0.4, 0.5) is 33.3 Å². The lowest BCUT2D eigenvalue weighted by molar-refractivity contribution is -0.137. The number of amides is 1. The summed E-state index contributed by atoms with van der Waals surface area (Å²) in [6.45, 7) is 0.0784. The van der Waals surface area contributed by atoms with E-state index in [0.717, 1.165) is 30.3 Å². The zero-order valence-corrected chi connectivity index (χ0v) is 12.3. The fourth-order valence-electron chi connectivity index (χ4n) is 1.91. The molecule has 0 atom stereocenters. The Labute approximate surface area is 134 Å². The molecule has 0 saturated heterocycles. The topological polar surface area (TPSA) is 41.1 Å². The van der Waals surface area contributed by atoms with Gasteiger partial charge in [-0.2, -0.15) is 13.2 Å². The molecule has 0 saturated carbocycles. The lowest BCUT2D eigenvalue weighted by atomic mass is 10.2. The van der Waals surface area contributed by atoms with Gasteiger partial charge in [0.15, 0.2) is 0 Å². The first-order valence-electron chi connectivity index (χ1n) is 6.92. The van der Waals surface area contributed by atoms with Gasteiger partial charge in [0.1, 0.15) is 11.6 Å². The van der Waals surface area contributed by atoms with Crippen molar-refractivity contribution in [3.8, 4) is 0 Å². The van der Waals surface area contributed by atoms with Gasteiger partial charge in [-0.1, -0.05) is 0 Å². The monoisotopic (exact) mass is 344 g/mol. The highest BCUT2D eigenvalue weighted by Gasteiger charge is 2.29. The molecule has 128 valence electrons. The molecule has 1 amide bonds. The lowest BCUT2D eigenvalue weighted by Gasteiger charge is -2.10. The van der Waals surface area contributed by atoms with E-state index >= 15 is 0 Å². The summed E-state index contributed by atoms with van der Waals surface area (Å²) in [7, 11) is 0. The van der Waals surface area contributed by atoms with E-state index in [1.54, 1.807) is 0 Å². The van der Waals surface area contributed by atoms with Crippen LogP contribution in [0.2, 0.25) is 0 Å². The molecule has 8 heteroatoms. The number of alkyl halides is 3. The first-order valence-corrected chi connectivity index (χ1v) is 6.92. The van der Waals surface area contributed by atoms with Crippen LogP contribution < -0.4 is 10.6 Å². The summed E-state index contributed by atoms with van der Waals surface area (Å²) in [4.78, 5) is 11.7. The van der Waals surface area contributed by atoms with Crippen molar-refractivity contribution in [1.29, 1.82) is 0 Å². The minimum atomic E-state index is -4.44. The second kappa shape index (κ2) is 7.29. The Bertz CT molecular complexity index is 713. The Morgan fingerprint density at radius 3 is 2.25 bits per heavy atom. The van der Waals surface area contributed by atoms with Gasteiger partial charge >= 0.3 is 6.18 Å². The van der Waals surface area contributed by atoms with Crippen LogP contribution in [0.5, 0.6) is 0 Å². The zero-order valence-electron chi connectivity index (χ0n) is 12.3. The molecule has 24 heavy (non-hydrogen) atoms. The van der Waals surface area contributed by atoms with Gasteiger partial charge < -0.3 is 10.6 Å². The molecule has 0 aliphatic rings. The third-order valence-electron chi connectivity index (χ3n) is 3.09. The van der Waals surface area contributed by atoms with Crippen molar-refractivity contribution in [3.05, 3.63) is 59.7 Å². The standard InChI is InChI=1S/C16H13F5N2O/c17-11-3-6-14(13(18)9-11)22-8-7-15(24)23-12-4-1-10(2-5-12)16(19,20)21/h1-6,9,22H,7-8H2,(H,23,24). The summed E-state index contributed by atoms with van der Waals surface area (Å²) in [5, 5.41) is 5.07. The van der Waals surface area contributed by atoms with E-state index in [4.69, 9.17) is 0 Å². The van der Waals surface area contributed by atoms with Crippen LogP contribution in [0.15, 0.2) is 42.5 Å². The number of halogens is 5. The molecular formula is C16H13F5N2O. The van der Waals surface area contributed by atoms with E-state index in [1.807, 2.05) is 0 Å². The molecular weight excluding hydrogens is 331 g/mol. The van der Waals surface area contributed by atoms with Gasteiger partial charge in [-0.3, -0.25) is 4.79 Å². The van der Waals surface area contributed by atoms with Crippen molar-refractivity contribution in [2.45, 2.75) is 12.6 Å². The van der Waals surface area contributed by atoms with Crippen molar-refractivity contribution in [2.24, 2.45) is 0 Å². The smallest absolute Gasteiger partial charge is 0.382 e. The molecule has 0 spiro atoms. The molecule has 0 bridgehead atoms. The molecule has 0 aromatic heterocycles. The molecule has 0 aliphatic heterocycles. The number of benzene rings is 2. The molecule has 2 rings (SSSR count). The number of carbonyl (C=O) groups excluding carboxylic acids is 1. The first kappa shape index (κ1) is 17.7. The van der Waals surface area contributed by atoms with Crippen LogP contribution in [-0.2, 0) is 11.0 Å². The number of hydrogen-bond donors (Lipinski definition) is 2. The molecule has 0 unspecified atom stereocenters. The summed E-state index contributed by atoms with van der Waals surface area (Å²) in [6, 6.07) is 7.02. The van der Waals surface area contributed by atoms with E-state index < -0.39 is 29.3 Å². The van der Waals surface area contributed by atoms with E-state index in [1.165, 1.54) is 6.07 Å². The summed E-state index contributed by atoms with van der Waals surface area (Å²) < 4.78 is 63.4. The lowest BCUT2D eigenvalue weighted by Crippen LogP contribution is -2.16. The third kappa shape index (κ3) is 4.94. The number of anilines is 2. The van der Waals surface area contributed by atoms with Gasteiger partial charge in [0.2, 0.25) is 5.91 Å². The average Bonchev–Trinajstić information content (AvgIpc) is 2.49. The highest BCUT2D eigenvalue weighted by Crippen LogP contribution is 2.29. The van der Waals surface area contributed by atoms with Gasteiger partial charge in [0.05, 0.1) is 11.3 Å². The highest BCUT2D eigenvalue weighted by atomic mass is 19.4. The Morgan fingerprint density at radius 2 is 1.67 bits per heavy atom. The van der Waals surface area contributed by atoms with E-state index in [0.29, 0.717) is 6.07 Å². The Balaban J connectivity index is 1.83. The van der Waals surface area contributed by atoms with Crippen LogP contribution in [0, 0.1) is 11.6 Å². The number of hydrogen-bond acceptors (Lipinski definition) is 2. The third-order valence-corrected chi connectivity index (χ3v) is 3.09.